The van der Waals surface area contributed by atoms with Crippen LogP contribution >= 0.6 is 0 Å². The largest absolute Gasteiger partial charge is 0.497 e. The van der Waals surface area contributed by atoms with Crippen LogP contribution in [0.5, 0.6) is 17.2 Å². The molecule has 35 heavy (non-hydrogen) atoms. The van der Waals surface area contributed by atoms with Crippen LogP contribution in [-0.2, 0) is 4.79 Å². The fourth-order valence-corrected chi connectivity index (χ4v) is 3.98. The summed E-state index contributed by atoms with van der Waals surface area (Å²) >= 11 is 0. The molecule has 0 bridgehead atoms. The third-order valence-corrected chi connectivity index (χ3v) is 5.85. The zero-order valence-electron chi connectivity index (χ0n) is 19.5. The van der Waals surface area contributed by atoms with Crippen LogP contribution in [0.3, 0.4) is 0 Å². The maximum Gasteiger partial charge on any atom is 0.260 e. The zero-order chi connectivity index (χ0) is 24.2. The molecule has 4 aromatic rings. The lowest BCUT2D eigenvalue weighted by Crippen LogP contribution is -2.50. The normalized spacial score (nSPS) is 13.7. The Balaban J connectivity index is 1.25. The fourth-order valence-electron chi connectivity index (χ4n) is 3.98. The van der Waals surface area contributed by atoms with Crippen molar-refractivity contribution in [2.24, 2.45) is 0 Å². The highest BCUT2D eigenvalue weighted by Crippen LogP contribution is 2.25. The van der Waals surface area contributed by atoms with E-state index >= 15 is 0 Å². The molecule has 0 atom stereocenters. The van der Waals surface area contributed by atoms with Crippen molar-refractivity contribution in [1.82, 2.24) is 29.9 Å². The van der Waals surface area contributed by atoms with Crippen molar-refractivity contribution in [2.45, 2.75) is 0 Å². The molecule has 0 saturated carbocycles. The second-order valence-electron chi connectivity index (χ2n) is 7.91. The molecule has 0 radical (unpaired) electrons. The van der Waals surface area contributed by atoms with Gasteiger partial charge in [-0.25, -0.2) is 9.97 Å². The van der Waals surface area contributed by atoms with E-state index in [0.717, 1.165) is 11.4 Å². The summed E-state index contributed by atoms with van der Waals surface area (Å²) in [5, 5.41) is 8.65. The fraction of sp³-hybridized carbons (Fsp3) is 0.292. The van der Waals surface area contributed by atoms with Crippen molar-refractivity contribution < 1.29 is 19.0 Å². The summed E-state index contributed by atoms with van der Waals surface area (Å²) in [5.74, 6) is 2.63. The number of rotatable bonds is 7. The van der Waals surface area contributed by atoms with Gasteiger partial charge in [0.25, 0.3) is 5.91 Å². The highest BCUT2D eigenvalue weighted by molar-refractivity contribution is 5.84. The van der Waals surface area contributed by atoms with Crippen LogP contribution in [0.4, 0.5) is 5.82 Å². The first kappa shape index (κ1) is 22.4. The smallest absolute Gasteiger partial charge is 0.260 e. The molecule has 1 aliphatic heterocycles. The van der Waals surface area contributed by atoms with E-state index < -0.39 is 0 Å². The van der Waals surface area contributed by atoms with Crippen LogP contribution in [0.15, 0.2) is 54.9 Å². The molecule has 5 rings (SSSR count). The number of amides is 1. The quantitative estimate of drug-likeness (QED) is 0.396. The molecule has 11 nitrogen and oxygen atoms in total. The van der Waals surface area contributed by atoms with E-state index in [0.29, 0.717) is 54.7 Å². The van der Waals surface area contributed by atoms with Gasteiger partial charge in [-0.2, -0.15) is 4.68 Å². The molecule has 0 aliphatic carbocycles. The molecule has 0 spiro atoms. The number of hydrogen-bond donors (Lipinski definition) is 0. The Morgan fingerprint density at radius 2 is 1.63 bits per heavy atom. The number of ether oxygens (including phenoxy) is 3. The predicted octanol–water partition coefficient (Wildman–Crippen LogP) is 1.96. The maximum atomic E-state index is 12.7. The molecule has 0 unspecified atom stereocenters. The minimum Gasteiger partial charge on any atom is -0.497 e. The van der Waals surface area contributed by atoms with Crippen LogP contribution in [0.2, 0.25) is 0 Å². The van der Waals surface area contributed by atoms with Gasteiger partial charge in [-0.3, -0.25) is 4.79 Å². The van der Waals surface area contributed by atoms with Gasteiger partial charge in [0, 0.05) is 38.3 Å². The van der Waals surface area contributed by atoms with Gasteiger partial charge in [0.05, 0.1) is 19.9 Å². The Kier molecular flexibility index (Phi) is 6.29. The minimum absolute atomic E-state index is 0.0280. The number of benzene rings is 2. The summed E-state index contributed by atoms with van der Waals surface area (Å²) in [7, 11) is 3.21. The summed E-state index contributed by atoms with van der Waals surface area (Å²) in [5.41, 5.74) is 2.01. The van der Waals surface area contributed by atoms with E-state index in [1.807, 2.05) is 36.4 Å². The number of methoxy groups -OCH3 is 2. The SMILES string of the molecule is COc1cccc(OCC(=O)N2CCN(c3ncnc4c3nnn4-c3cccc(OC)c3)CC2)c1. The van der Waals surface area contributed by atoms with Crippen molar-refractivity contribution in [3.05, 3.63) is 54.9 Å². The number of piperazine rings is 1. The Morgan fingerprint density at radius 3 is 2.40 bits per heavy atom. The molecule has 1 saturated heterocycles. The molecule has 2 aromatic heterocycles. The van der Waals surface area contributed by atoms with Gasteiger partial charge in [0.15, 0.2) is 23.6 Å². The van der Waals surface area contributed by atoms with Gasteiger partial charge in [-0.1, -0.05) is 17.3 Å². The number of nitrogens with zero attached hydrogens (tertiary/aromatic N) is 7. The highest BCUT2D eigenvalue weighted by atomic mass is 16.5. The van der Waals surface area contributed by atoms with Gasteiger partial charge in [0.2, 0.25) is 0 Å². The maximum absolute atomic E-state index is 12.7. The van der Waals surface area contributed by atoms with Crippen molar-refractivity contribution in [3.63, 3.8) is 0 Å². The second-order valence-corrected chi connectivity index (χ2v) is 7.91. The van der Waals surface area contributed by atoms with Crippen LogP contribution < -0.4 is 19.1 Å². The third kappa shape index (κ3) is 4.65. The monoisotopic (exact) mass is 475 g/mol. The molecule has 1 amide bonds. The van der Waals surface area contributed by atoms with Gasteiger partial charge >= 0.3 is 0 Å². The Bertz CT molecular complexity index is 1330. The summed E-state index contributed by atoms with van der Waals surface area (Å²) < 4.78 is 17.8. The van der Waals surface area contributed by atoms with E-state index in [1.165, 1.54) is 6.33 Å². The van der Waals surface area contributed by atoms with E-state index in [2.05, 4.69) is 25.2 Å². The minimum atomic E-state index is -0.0655. The van der Waals surface area contributed by atoms with Crippen LogP contribution in [0, 0.1) is 0 Å². The van der Waals surface area contributed by atoms with Gasteiger partial charge in [-0.15, -0.1) is 5.10 Å². The second kappa shape index (κ2) is 9.84. The van der Waals surface area contributed by atoms with Crippen molar-refractivity contribution >= 4 is 22.9 Å². The van der Waals surface area contributed by atoms with Gasteiger partial charge in [0.1, 0.15) is 23.6 Å². The molecule has 1 fully saturated rings. The molecule has 180 valence electrons. The van der Waals surface area contributed by atoms with E-state index in [4.69, 9.17) is 14.2 Å². The van der Waals surface area contributed by atoms with Crippen molar-refractivity contribution in [3.8, 4) is 22.9 Å². The van der Waals surface area contributed by atoms with Gasteiger partial charge < -0.3 is 24.0 Å². The first-order valence-electron chi connectivity index (χ1n) is 11.2. The van der Waals surface area contributed by atoms with Crippen molar-refractivity contribution in [1.29, 1.82) is 0 Å². The molecule has 0 N–H and O–H groups in total. The molecular formula is C24H25N7O4. The highest BCUT2D eigenvalue weighted by Gasteiger charge is 2.25. The third-order valence-electron chi connectivity index (χ3n) is 5.85. The summed E-state index contributed by atoms with van der Waals surface area (Å²) in [6.07, 6.45) is 1.51. The molecule has 11 heteroatoms. The molecule has 1 aliphatic rings. The number of hydrogen-bond acceptors (Lipinski definition) is 9. The van der Waals surface area contributed by atoms with E-state index in [9.17, 15) is 4.79 Å². The number of carbonyl (C=O) groups is 1. The lowest BCUT2D eigenvalue weighted by Gasteiger charge is -2.35. The number of carbonyl (C=O) groups excluding carboxylic acids is 1. The predicted molar refractivity (Wildman–Crippen MR) is 128 cm³/mol. The lowest BCUT2D eigenvalue weighted by atomic mass is 10.3. The first-order chi connectivity index (χ1) is 17.2. The van der Waals surface area contributed by atoms with Crippen LogP contribution in [0.25, 0.3) is 16.9 Å². The summed E-state index contributed by atoms with van der Waals surface area (Å²) in [4.78, 5) is 25.5. The topological polar surface area (TPSA) is 108 Å². The molecule has 2 aromatic carbocycles. The number of aromatic nitrogens is 5. The first-order valence-corrected chi connectivity index (χ1v) is 11.2. The summed E-state index contributed by atoms with van der Waals surface area (Å²) in [6.45, 7) is 2.30. The van der Waals surface area contributed by atoms with Crippen LogP contribution in [0.1, 0.15) is 0 Å². The average Bonchev–Trinajstić information content (AvgIpc) is 3.36. The Labute approximate surface area is 201 Å². The number of fused-ring (bicyclic) bond motifs is 1. The van der Waals surface area contributed by atoms with Gasteiger partial charge in [-0.05, 0) is 24.3 Å². The van der Waals surface area contributed by atoms with Crippen LogP contribution in [-0.4, -0.2) is 82.8 Å². The standard InChI is InChI=1S/C24H25N7O4/c1-33-18-6-3-5-17(13-18)31-24-22(27-28-31)23(25-16-26-24)30-11-9-29(10-12-30)21(32)15-35-20-8-4-7-19(14-20)34-2/h3-8,13-14,16H,9-12,15H2,1-2H3. The lowest BCUT2D eigenvalue weighted by molar-refractivity contribution is -0.133. The summed E-state index contributed by atoms with van der Waals surface area (Å²) in [6, 6.07) is 14.7. The van der Waals surface area contributed by atoms with Crippen molar-refractivity contribution in [2.75, 3.05) is 51.9 Å². The average molecular weight is 476 g/mol. The number of anilines is 1. The van der Waals surface area contributed by atoms with E-state index in [-0.39, 0.29) is 12.5 Å². The zero-order valence-corrected chi connectivity index (χ0v) is 19.5. The van der Waals surface area contributed by atoms with E-state index in [1.54, 1.807) is 35.9 Å². The Morgan fingerprint density at radius 1 is 0.914 bits per heavy atom. The Hall–Kier alpha value is -4.41. The molecular weight excluding hydrogens is 450 g/mol. The molecule has 3 heterocycles.